The molecule has 1 aromatic rings. The van der Waals surface area contributed by atoms with E-state index in [-0.39, 0.29) is 12.1 Å². The predicted molar refractivity (Wildman–Crippen MR) is 76.4 cm³/mol. The van der Waals surface area contributed by atoms with E-state index in [1.165, 1.54) is 0 Å². The van der Waals surface area contributed by atoms with Crippen LogP contribution in [0, 0.1) is 0 Å². The van der Waals surface area contributed by atoms with Gasteiger partial charge in [-0.3, -0.25) is 0 Å². The van der Waals surface area contributed by atoms with Gasteiger partial charge in [-0.2, -0.15) is 0 Å². The van der Waals surface area contributed by atoms with Crippen molar-refractivity contribution >= 4 is 0 Å². The summed E-state index contributed by atoms with van der Waals surface area (Å²) in [5, 5.41) is 0. The summed E-state index contributed by atoms with van der Waals surface area (Å²) < 4.78 is 16.4. The summed E-state index contributed by atoms with van der Waals surface area (Å²) in [6, 6.07) is 7.74. The summed E-state index contributed by atoms with van der Waals surface area (Å²) in [5.74, 6) is 0.832. The molecule has 0 heterocycles. The van der Waals surface area contributed by atoms with Crippen LogP contribution < -0.4 is 10.5 Å². The summed E-state index contributed by atoms with van der Waals surface area (Å²) in [4.78, 5) is 0. The van der Waals surface area contributed by atoms with Crippen molar-refractivity contribution in [3.05, 3.63) is 29.8 Å². The number of ether oxygens (including phenoxy) is 3. The van der Waals surface area contributed by atoms with Crippen LogP contribution in [0.25, 0.3) is 0 Å². The van der Waals surface area contributed by atoms with Crippen LogP contribution in [0.15, 0.2) is 24.3 Å². The Kier molecular flexibility index (Phi) is 7.48. The molecule has 0 saturated heterocycles. The Morgan fingerprint density at radius 3 is 2.32 bits per heavy atom. The fourth-order valence-electron chi connectivity index (χ4n) is 1.83. The topological polar surface area (TPSA) is 53.7 Å². The lowest BCUT2D eigenvalue weighted by atomic mass is 10.0. The van der Waals surface area contributed by atoms with Gasteiger partial charge >= 0.3 is 0 Å². The lowest BCUT2D eigenvalue weighted by Crippen LogP contribution is -2.28. The number of hydrogen-bond acceptors (Lipinski definition) is 4. The van der Waals surface area contributed by atoms with Gasteiger partial charge in [-0.1, -0.05) is 19.1 Å². The molecular formula is C15H25NO3. The average molecular weight is 267 g/mol. The molecule has 2 N–H and O–H groups in total. The van der Waals surface area contributed by atoms with Crippen molar-refractivity contribution in [2.75, 3.05) is 26.9 Å². The van der Waals surface area contributed by atoms with Crippen molar-refractivity contribution < 1.29 is 14.2 Å². The Morgan fingerprint density at radius 1 is 1.11 bits per heavy atom. The summed E-state index contributed by atoms with van der Waals surface area (Å²) >= 11 is 0. The maximum absolute atomic E-state index is 5.98. The molecular weight excluding hydrogens is 242 g/mol. The molecule has 4 nitrogen and oxygen atoms in total. The van der Waals surface area contributed by atoms with Gasteiger partial charge in [-0.25, -0.2) is 0 Å². The zero-order chi connectivity index (χ0) is 14.1. The van der Waals surface area contributed by atoms with Crippen LogP contribution in [0.5, 0.6) is 5.75 Å². The third-order valence-corrected chi connectivity index (χ3v) is 2.80. The molecule has 0 radical (unpaired) electrons. The maximum atomic E-state index is 5.98. The molecule has 0 saturated carbocycles. The highest BCUT2D eigenvalue weighted by Crippen LogP contribution is 2.22. The molecule has 0 spiro atoms. The van der Waals surface area contributed by atoms with E-state index in [1.807, 2.05) is 31.2 Å². The summed E-state index contributed by atoms with van der Waals surface area (Å²) in [6.45, 7) is 5.96. The molecule has 1 aromatic carbocycles. The van der Waals surface area contributed by atoms with Gasteiger partial charge in [0, 0.05) is 12.6 Å². The lowest BCUT2D eigenvalue weighted by Gasteiger charge is -2.22. The molecule has 2 atom stereocenters. The molecule has 4 heteroatoms. The summed E-state index contributed by atoms with van der Waals surface area (Å²) in [6.07, 6.45) is 0.908. The van der Waals surface area contributed by atoms with E-state index in [0.29, 0.717) is 13.2 Å². The van der Waals surface area contributed by atoms with E-state index >= 15 is 0 Å². The number of hydrogen-bond donors (Lipinski definition) is 1. The maximum Gasteiger partial charge on any atom is 0.118 e. The van der Waals surface area contributed by atoms with Gasteiger partial charge in [0.05, 0.1) is 26.4 Å². The van der Waals surface area contributed by atoms with E-state index in [9.17, 15) is 0 Å². The van der Waals surface area contributed by atoms with E-state index in [4.69, 9.17) is 19.9 Å². The molecule has 2 unspecified atom stereocenters. The van der Waals surface area contributed by atoms with Crippen molar-refractivity contribution in [2.45, 2.75) is 32.4 Å². The van der Waals surface area contributed by atoms with Gasteiger partial charge in [0.2, 0.25) is 0 Å². The number of methoxy groups -OCH3 is 1. The number of rotatable bonds is 9. The Morgan fingerprint density at radius 2 is 1.79 bits per heavy atom. The minimum atomic E-state index is -0.115. The average Bonchev–Trinajstić information content (AvgIpc) is 2.43. The Bertz CT molecular complexity index is 338. The highest BCUT2D eigenvalue weighted by atomic mass is 16.5. The zero-order valence-corrected chi connectivity index (χ0v) is 12.1. The lowest BCUT2D eigenvalue weighted by molar-refractivity contribution is -0.00472. The monoisotopic (exact) mass is 267 g/mol. The van der Waals surface area contributed by atoms with Gasteiger partial charge in [0.25, 0.3) is 0 Å². The van der Waals surface area contributed by atoms with Crippen LogP contribution in [0.3, 0.4) is 0 Å². The highest BCUT2D eigenvalue weighted by molar-refractivity contribution is 5.29. The zero-order valence-electron chi connectivity index (χ0n) is 12.1. The first kappa shape index (κ1) is 16.0. The van der Waals surface area contributed by atoms with E-state index in [0.717, 1.165) is 24.3 Å². The second kappa shape index (κ2) is 8.91. The van der Waals surface area contributed by atoms with Crippen molar-refractivity contribution in [1.29, 1.82) is 0 Å². The minimum absolute atomic E-state index is 0.0698. The largest absolute Gasteiger partial charge is 0.497 e. The van der Waals surface area contributed by atoms with E-state index in [2.05, 4.69) is 6.92 Å². The smallest absolute Gasteiger partial charge is 0.118 e. The summed E-state index contributed by atoms with van der Waals surface area (Å²) in [5.41, 5.74) is 7.04. The molecule has 108 valence electrons. The predicted octanol–water partition coefficient (Wildman–Crippen LogP) is 2.53. The molecule has 19 heavy (non-hydrogen) atoms. The van der Waals surface area contributed by atoms with Crippen LogP contribution >= 0.6 is 0 Å². The molecule has 0 aliphatic heterocycles. The van der Waals surface area contributed by atoms with E-state index in [1.54, 1.807) is 7.11 Å². The molecule has 0 fully saturated rings. The Hall–Kier alpha value is -1.10. The standard InChI is InChI=1S/C15H25NO3/c1-4-9-18-10-11-19-15(12(2)16)13-5-7-14(17-3)8-6-13/h5-8,12,15H,4,9-11,16H2,1-3H3. The normalized spacial score (nSPS) is 14.1. The van der Waals surface area contributed by atoms with Crippen molar-refractivity contribution in [3.8, 4) is 5.75 Å². The Labute approximate surface area is 115 Å². The first-order chi connectivity index (χ1) is 9.19. The van der Waals surface area contributed by atoms with Crippen LogP contribution in [0.4, 0.5) is 0 Å². The molecule has 0 bridgehead atoms. The Balaban J connectivity index is 2.51. The van der Waals surface area contributed by atoms with Crippen LogP contribution in [-0.2, 0) is 9.47 Å². The van der Waals surface area contributed by atoms with Gasteiger partial charge in [-0.05, 0) is 31.0 Å². The summed E-state index contributed by atoms with van der Waals surface area (Å²) in [7, 11) is 1.65. The van der Waals surface area contributed by atoms with Crippen molar-refractivity contribution in [1.82, 2.24) is 0 Å². The SMILES string of the molecule is CCCOCCOC(c1ccc(OC)cc1)C(C)N. The molecule has 0 amide bonds. The first-order valence-electron chi connectivity index (χ1n) is 6.78. The molecule has 0 aliphatic rings. The third-order valence-electron chi connectivity index (χ3n) is 2.80. The second-order valence-corrected chi connectivity index (χ2v) is 4.54. The van der Waals surface area contributed by atoms with Gasteiger partial charge < -0.3 is 19.9 Å². The van der Waals surface area contributed by atoms with Gasteiger partial charge in [0.1, 0.15) is 5.75 Å². The number of benzene rings is 1. The first-order valence-corrected chi connectivity index (χ1v) is 6.78. The quantitative estimate of drug-likeness (QED) is 0.699. The third kappa shape index (κ3) is 5.59. The van der Waals surface area contributed by atoms with Crippen LogP contribution in [0.2, 0.25) is 0 Å². The van der Waals surface area contributed by atoms with Crippen molar-refractivity contribution in [3.63, 3.8) is 0 Å². The second-order valence-electron chi connectivity index (χ2n) is 4.54. The van der Waals surface area contributed by atoms with Crippen molar-refractivity contribution in [2.24, 2.45) is 5.73 Å². The fraction of sp³-hybridized carbons (Fsp3) is 0.600. The van der Waals surface area contributed by atoms with Crippen LogP contribution in [0.1, 0.15) is 31.9 Å². The molecule has 0 aromatic heterocycles. The number of nitrogens with two attached hydrogens (primary N) is 1. The molecule has 0 aliphatic carbocycles. The van der Waals surface area contributed by atoms with Gasteiger partial charge in [0.15, 0.2) is 0 Å². The highest BCUT2D eigenvalue weighted by Gasteiger charge is 2.16. The van der Waals surface area contributed by atoms with Gasteiger partial charge in [-0.15, -0.1) is 0 Å². The molecule has 1 rings (SSSR count). The minimum Gasteiger partial charge on any atom is -0.497 e. The van der Waals surface area contributed by atoms with E-state index < -0.39 is 0 Å². The fourth-order valence-corrected chi connectivity index (χ4v) is 1.83. The van der Waals surface area contributed by atoms with Crippen LogP contribution in [-0.4, -0.2) is 33.0 Å².